The largest absolute Gasteiger partial charge is 0.493 e. The Morgan fingerprint density at radius 2 is 2.00 bits per heavy atom. The molecule has 1 aromatic carbocycles. The molecule has 0 spiro atoms. The number of ether oxygens (including phenoxy) is 1. The lowest BCUT2D eigenvalue weighted by molar-refractivity contribution is 0.353. The van der Waals surface area contributed by atoms with Gasteiger partial charge in [0.05, 0.1) is 6.61 Å². The van der Waals surface area contributed by atoms with E-state index in [0.717, 1.165) is 22.7 Å². The van der Waals surface area contributed by atoms with Gasteiger partial charge in [0.1, 0.15) is 5.75 Å². The Labute approximate surface area is 126 Å². The fourth-order valence-electron chi connectivity index (χ4n) is 1.99. The van der Waals surface area contributed by atoms with Gasteiger partial charge < -0.3 is 4.74 Å². The molecule has 0 amide bonds. The first-order valence-corrected chi connectivity index (χ1v) is 10.3. The van der Waals surface area contributed by atoms with E-state index in [1.54, 1.807) is 6.07 Å². The molecule has 2 rings (SSSR count). The first-order chi connectivity index (χ1) is 9.16. The second-order valence-corrected chi connectivity index (χ2v) is 9.86. The molecule has 1 aliphatic heterocycles. The van der Waals surface area contributed by atoms with Crippen molar-refractivity contribution in [1.29, 1.82) is 0 Å². The molecule has 0 bridgehead atoms. The minimum absolute atomic E-state index is 0.000370. The summed E-state index contributed by atoms with van der Waals surface area (Å²) >= 11 is 3.36. The molecule has 6 nitrogen and oxygen atoms in total. The molecule has 0 radical (unpaired) electrons. The summed E-state index contributed by atoms with van der Waals surface area (Å²) in [7, 11) is -7.47. The van der Waals surface area contributed by atoms with Gasteiger partial charge in [0.25, 0.3) is 0 Å². The second-order valence-electron chi connectivity index (χ2n) is 4.63. The van der Waals surface area contributed by atoms with Crippen LogP contribution in [0.2, 0.25) is 0 Å². The fourth-order valence-corrected chi connectivity index (χ4v) is 5.50. The van der Waals surface area contributed by atoms with Crippen molar-refractivity contribution in [2.45, 2.75) is 13.0 Å². The zero-order chi connectivity index (χ0) is 15.0. The summed E-state index contributed by atoms with van der Waals surface area (Å²) in [6, 6.07) is 3.68. The summed E-state index contributed by atoms with van der Waals surface area (Å²) < 4.78 is 54.0. The molecule has 0 unspecified atom stereocenters. The van der Waals surface area contributed by atoms with Crippen molar-refractivity contribution in [3.8, 4) is 5.75 Å². The Bertz CT molecular complexity index is 727. The third-order valence-electron chi connectivity index (χ3n) is 2.68. The second kappa shape index (κ2) is 5.63. The average Bonchev–Trinajstić information content (AvgIpc) is 2.70. The number of hydrogen-bond acceptors (Lipinski definition) is 5. The highest BCUT2D eigenvalue weighted by Gasteiger charge is 2.21. The number of rotatable bonds is 5. The number of halogens is 1. The molecule has 9 heteroatoms. The number of benzene rings is 1. The maximum absolute atomic E-state index is 11.7. The molecular weight excluding hydrogens is 370 g/mol. The van der Waals surface area contributed by atoms with Crippen LogP contribution in [-0.4, -0.2) is 34.8 Å². The van der Waals surface area contributed by atoms with Crippen LogP contribution >= 0.6 is 15.9 Å². The summed E-state index contributed by atoms with van der Waals surface area (Å²) in [5.74, 6) is 0.676. The van der Waals surface area contributed by atoms with E-state index < -0.39 is 24.9 Å². The first kappa shape index (κ1) is 15.7. The van der Waals surface area contributed by atoms with Gasteiger partial charge >= 0.3 is 0 Å². The standard InChI is InChI=1S/C11H14BrNO5S2/c1-19(14,15)7-20(16,17)13-6-9-5-10(12)4-8-2-3-18-11(8)9/h4-5,13H,2-3,6-7H2,1H3. The lowest BCUT2D eigenvalue weighted by Crippen LogP contribution is -2.29. The van der Waals surface area contributed by atoms with Crippen molar-refractivity contribution in [2.75, 3.05) is 17.9 Å². The molecule has 0 saturated carbocycles. The average molecular weight is 384 g/mol. The Morgan fingerprint density at radius 3 is 2.65 bits per heavy atom. The summed E-state index contributed by atoms with van der Waals surface area (Å²) in [6.45, 7) is 0.564. The third kappa shape index (κ3) is 4.18. The smallest absolute Gasteiger partial charge is 0.226 e. The highest BCUT2D eigenvalue weighted by Crippen LogP contribution is 2.32. The highest BCUT2D eigenvalue weighted by atomic mass is 79.9. The van der Waals surface area contributed by atoms with Gasteiger partial charge in [-0.3, -0.25) is 0 Å². The lowest BCUT2D eigenvalue weighted by atomic mass is 10.1. The molecule has 0 aromatic heterocycles. The topological polar surface area (TPSA) is 89.5 Å². The molecule has 0 aliphatic carbocycles. The molecule has 0 atom stereocenters. The van der Waals surface area contributed by atoms with Crippen LogP contribution in [-0.2, 0) is 32.8 Å². The van der Waals surface area contributed by atoms with E-state index in [9.17, 15) is 16.8 Å². The summed E-state index contributed by atoms with van der Waals surface area (Å²) in [4.78, 5) is 0. The Kier molecular flexibility index (Phi) is 4.43. The quantitative estimate of drug-likeness (QED) is 0.812. The summed E-state index contributed by atoms with van der Waals surface area (Å²) in [6.07, 6.45) is 1.66. The molecule has 1 aromatic rings. The van der Waals surface area contributed by atoms with Crippen molar-refractivity contribution < 1.29 is 21.6 Å². The van der Waals surface area contributed by atoms with Crippen LogP contribution in [0, 0.1) is 0 Å². The number of sulfonamides is 1. The summed E-state index contributed by atoms with van der Waals surface area (Å²) in [5.41, 5.74) is 1.70. The van der Waals surface area contributed by atoms with Crippen LogP contribution in [0.4, 0.5) is 0 Å². The van der Waals surface area contributed by atoms with E-state index in [0.29, 0.717) is 17.9 Å². The lowest BCUT2D eigenvalue weighted by Gasteiger charge is -2.10. The Balaban J connectivity index is 2.16. The van der Waals surface area contributed by atoms with Gasteiger partial charge in [0, 0.05) is 29.3 Å². The van der Waals surface area contributed by atoms with Gasteiger partial charge in [-0.05, 0) is 17.7 Å². The van der Waals surface area contributed by atoms with Gasteiger partial charge in [0.2, 0.25) is 10.0 Å². The maximum atomic E-state index is 11.7. The molecule has 1 N–H and O–H groups in total. The zero-order valence-electron chi connectivity index (χ0n) is 10.7. The fraction of sp³-hybridized carbons (Fsp3) is 0.455. The van der Waals surface area contributed by atoms with Gasteiger partial charge in [-0.2, -0.15) is 0 Å². The summed E-state index contributed by atoms with van der Waals surface area (Å²) in [5, 5.41) is -0.920. The number of fused-ring (bicyclic) bond motifs is 1. The third-order valence-corrected chi connectivity index (χ3v) is 6.67. The number of sulfone groups is 1. The van der Waals surface area contributed by atoms with Crippen molar-refractivity contribution in [1.82, 2.24) is 4.72 Å². The predicted molar refractivity (Wildman–Crippen MR) is 78.8 cm³/mol. The van der Waals surface area contributed by atoms with Gasteiger partial charge in [-0.15, -0.1) is 0 Å². The molecule has 1 aliphatic rings. The first-order valence-electron chi connectivity index (χ1n) is 5.75. The molecule has 112 valence electrons. The van der Waals surface area contributed by atoms with E-state index >= 15 is 0 Å². The van der Waals surface area contributed by atoms with Crippen LogP contribution < -0.4 is 9.46 Å². The minimum Gasteiger partial charge on any atom is -0.493 e. The van der Waals surface area contributed by atoms with E-state index in [1.165, 1.54) is 0 Å². The van der Waals surface area contributed by atoms with Crippen LogP contribution in [0.15, 0.2) is 16.6 Å². The Morgan fingerprint density at radius 1 is 1.30 bits per heavy atom. The maximum Gasteiger partial charge on any atom is 0.226 e. The zero-order valence-corrected chi connectivity index (χ0v) is 13.9. The van der Waals surface area contributed by atoms with Gasteiger partial charge in [0.15, 0.2) is 14.9 Å². The van der Waals surface area contributed by atoms with Crippen LogP contribution in [0.25, 0.3) is 0 Å². The molecular formula is C11H14BrNO5S2. The van der Waals surface area contributed by atoms with Crippen LogP contribution in [0.3, 0.4) is 0 Å². The Hall–Kier alpha value is -0.640. The predicted octanol–water partition coefficient (Wildman–Crippen LogP) is 0.806. The normalized spacial score (nSPS) is 14.9. The van der Waals surface area contributed by atoms with Crippen molar-refractivity contribution in [3.05, 3.63) is 27.7 Å². The van der Waals surface area contributed by atoms with Crippen LogP contribution in [0.5, 0.6) is 5.75 Å². The van der Waals surface area contributed by atoms with Gasteiger partial charge in [-0.25, -0.2) is 21.6 Å². The van der Waals surface area contributed by atoms with E-state index in [1.807, 2.05) is 6.07 Å². The molecule has 20 heavy (non-hydrogen) atoms. The molecule has 1 heterocycles. The van der Waals surface area contributed by atoms with Crippen molar-refractivity contribution in [3.63, 3.8) is 0 Å². The molecule has 0 saturated heterocycles. The number of nitrogens with one attached hydrogen (secondary N) is 1. The van der Waals surface area contributed by atoms with E-state index in [4.69, 9.17) is 4.74 Å². The van der Waals surface area contributed by atoms with Crippen molar-refractivity contribution >= 4 is 35.8 Å². The SMILES string of the molecule is CS(=O)(=O)CS(=O)(=O)NCc1cc(Br)cc2c1OCC2. The van der Waals surface area contributed by atoms with Gasteiger partial charge in [-0.1, -0.05) is 15.9 Å². The highest BCUT2D eigenvalue weighted by molar-refractivity contribution is 9.10. The molecule has 0 fully saturated rings. The van der Waals surface area contributed by atoms with E-state index in [-0.39, 0.29) is 6.54 Å². The van der Waals surface area contributed by atoms with E-state index in [2.05, 4.69) is 20.7 Å². The monoisotopic (exact) mass is 383 g/mol. The van der Waals surface area contributed by atoms with Crippen LogP contribution in [0.1, 0.15) is 11.1 Å². The number of hydrogen-bond donors (Lipinski definition) is 1. The van der Waals surface area contributed by atoms with Crippen molar-refractivity contribution in [2.24, 2.45) is 0 Å². The minimum atomic E-state index is -3.88.